The van der Waals surface area contributed by atoms with Gasteiger partial charge in [0.1, 0.15) is 5.75 Å². The Kier molecular flexibility index (Phi) is 6.68. The van der Waals surface area contributed by atoms with Gasteiger partial charge in [-0.15, -0.1) is 13.2 Å². The van der Waals surface area contributed by atoms with Crippen LogP contribution in [0.15, 0.2) is 41.3 Å². The van der Waals surface area contributed by atoms with Gasteiger partial charge in [-0.3, -0.25) is 4.39 Å². The minimum atomic E-state index is -4.90. The number of rotatable bonds is 7. The third-order valence-electron chi connectivity index (χ3n) is 4.98. The highest BCUT2D eigenvalue weighted by atomic mass is 32.2. The molecule has 3 rings (SSSR count). The molecule has 1 aliphatic rings. The molecule has 2 aromatic carbocycles. The van der Waals surface area contributed by atoms with E-state index in [1.165, 1.54) is 0 Å². The van der Waals surface area contributed by atoms with Gasteiger partial charge in [0.2, 0.25) is 10.0 Å². The molecular formula is C20H22F4N2O3S. The molecule has 1 aliphatic carbocycles. The molecule has 0 fully saturated rings. The number of primary sulfonamides is 1. The van der Waals surface area contributed by atoms with E-state index in [-0.39, 0.29) is 23.2 Å². The van der Waals surface area contributed by atoms with E-state index in [1.54, 1.807) is 12.1 Å². The second kappa shape index (κ2) is 8.91. The molecule has 5 nitrogen and oxygen atoms in total. The Balaban J connectivity index is 1.93. The predicted octanol–water partition coefficient (Wildman–Crippen LogP) is 3.71. The van der Waals surface area contributed by atoms with Crippen LogP contribution in [-0.2, 0) is 22.9 Å². The van der Waals surface area contributed by atoms with Crippen LogP contribution in [0.1, 0.15) is 24.0 Å². The van der Waals surface area contributed by atoms with Crippen molar-refractivity contribution in [3.05, 3.63) is 47.5 Å². The van der Waals surface area contributed by atoms with Crippen molar-refractivity contribution in [2.24, 2.45) is 5.14 Å². The number of nitrogens with two attached hydrogens (primary N) is 1. The quantitative estimate of drug-likeness (QED) is 0.502. The molecule has 0 saturated carbocycles. The Morgan fingerprint density at radius 2 is 1.90 bits per heavy atom. The zero-order chi connectivity index (χ0) is 21.9. The zero-order valence-corrected chi connectivity index (χ0v) is 16.8. The highest BCUT2D eigenvalue weighted by molar-refractivity contribution is 7.89. The SMILES string of the molecule is NS(=O)(=O)c1ccc(OC(F)(F)F)cc1-c1ccc2c(c1)CC[C@H](NCCCF)C2. The normalized spacial score (nSPS) is 16.9. The van der Waals surface area contributed by atoms with Crippen LogP contribution in [0.5, 0.6) is 5.75 Å². The van der Waals surface area contributed by atoms with Crippen LogP contribution in [0.25, 0.3) is 11.1 Å². The monoisotopic (exact) mass is 446 g/mol. The van der Waals surface area contributed by atoms with Crippen LogP contribution in [0, 0.1) is 0 Å². The Morgan fingerprint density at radius 3 is 2.57 bits per heavy atom. The number of fused-ring (bicyclic) bond motifs is 1. The number of hydrogen-bond acceptors (Lipinski definition) is 4. The van der Waals surface area contributed by atoms with Gasteiger partial charge >= 0.3 is 6.36 Å². The van der Waals surface area contributed by atoms with E-state index in [2.05, 4.69) is 10.1 Å². The summed E-state index contributed by atoms with van der Waals surface area (Å²) < 4.78 is 77.9. The molecule has 1 atom stereocenters. The molecule has 0 aromatic heterocycles. The van der Waals surface area contributed by atoms with E-state index >= 15 is 0 Å². The molecule has 3 N–H and O–H groups in total. The van der Waals surface area contributed by atoms with Crippen molar-refractivity contribution < 1.29 is 30.7 Å². The molecule has 0 bridgehead atoms. The maximum atomic E-state index is 12.6. The lowest BCUT2D eigenvalue weighted by Crippen LogP contribution is -2.35. The fraction of sp³-hybridized carbons (Fsp3) is 0.400. The molecular weight excluding hydrogens is 424 g/mol. The summed E-state index contributed by atoms with van der Waals surface area (Å²) in [6.45, 7) is 0.224. The lowest BCUT2D eigenvalue weighted by molar-refractivity contribution is -0.274. The van der Waals surface area contributed by atoms with Crippen LogP contribution in [0.3, 0.4) is 0 Å². The number of aryl methyl sites for hydroxylation is 1. The summed E-state index contributed by atoms with van der Waals surface area (Å²) in [5, 5.41) is 8.57. The highest BCUT2D eigenvalue weighted by Gasteiger charge is 2.32. The van der Waals surface area contributed by atoms with Gasteiger partial charge in [0.25, 0.3) is 0 Å². The van der Waals surface area contributed by atoms with Gasteiger partial charge in [-0.05, 0) is 67.1 Å². The Bertz CT molecular complexity index is 1010. The smallest absolute Gasteiger partial charge is 0.406 e. The molecule has 0 amide bonds. The fourth-order valence-corrected chi connectivity index (χ4v) is 4.39. The number of nitrogens with one attached hydrogen (secondary N) is 1. The van der Waals surface area contributed by atoms with Crippen molar-refractivity contribution in [2.45, 2.75) is 43.0 Å². The van der Waals surface area contributed by atoms with Crippen molar-refractivity contribution in [3.63, 3.8) is 0 Å². The third-order valence-corrected chi connectivity index (χ3v) is 5.95. The van der Waals surface area contributed by atoms with Gasteiger partial charge in [-0.25, -0.2) is 13.6 Å². The molecule has 2 aromatic rings. The average Bonchev–Trinajstić information content (AvgIpc) is 2.65. The summed E-state index contributed by atoms with van der Waals surface area (Å²) in [5.74, 6) is -0.528. The third kappa shape index (κ3) is 5.71. The molecule has 0 aliphatic heterocycles. The van der Waals surface area contributed by atoms with Crippen LogP contribution >= 0.6 is 0 Å². The maximum absolute atomic E-state index is 12.6. The molecule has 0 radical (unpaired) electrons. The molecule has 0 unspecified atom stereocenters. The van der Waals surface area contributed by atoms with E-state index in [1.807, 2.05) is 6.07 Å². The van der Waals surface area contributed by atoms with Crippen molar-refractivity contribution in [2.75, 3.05) is 13.2 Å². The number of ether oxygens (including phenoxy) is 1. The van der Waals surface area contributed by atoms with E-state index in [0.717, 1.165) is 42.2 Å². The first-order chi connectivity index (χ1) is 14.1. The van der Waals surface area contributed by atoms with E-state index in [4.69, 9.17) is 5.14 Å². The molecule has 0 spiro atoms. The summed E-state index contributed by atoms with van der Waals surface area (Å²) in [5.41, 5.74) is 2.53. The number of sulfonamides is 1. The summed E-state index contributed by atoms with van der Waals surface area (Å²) in [6.07, 6.45) is -2.18. The molecule has 0 heterocycles. The van der Waals surface area contributed by atoms with Gasteiger partial charge in [0.05, 0.1) is 11.6 Å². The van der Waals surface area contributed by atoms with Crippen LogP contribution in [-0.4, -0.2) is 34.0 Å². The summed E-state index contributed by atoms with van der Waals surface area (Å²) in [4.78, 5) is -0.279. The average molecular weight is 446 g/mol. The van der Waals surface area contributed by atoms with E-state index in [0.29, 0.717) is 24.9 Å². The topological polar surface area (TPSA) is 81.4 Å². The first kappa shape index (κ1) is 22.5. The molecule has 0 saturated heterocycles. The maximum Gasteiger partial charge on any atom is 0.573 e. The molecule has 30 heavy (non-hydrogen) atoms. The van der Waals surface area contributed by atoms with Crippen molar-refractivity contribution >= 4 is 10.0 Å². The predicted molar refractivity (Wildman–Crippen MR) is 104 cm³/mol. The lowest BCUT2D eigenvalue weighted by atomic mass is 9.86. The Labute approximate surface area is 172 Å². The van der Waals surface area contributed by atoms with Gasteiger partial charge in [0.15, 0.2) is 0 Å². The summed E-state index contributed by atoms with van der Waals surface area (Å²) in [7, 11) is -4.16. The van der Waals surface area contributed by atoms with E-state index in [9.17, 15) is 26.0 Å². The van der Waals surface area contributed by atoms with Crippen molar-refractivity contribution in [1.29, 1.82) is 0 Å². The van der Waals surface area contributed by atoms with Gasteiger partial charge < -0.3 is 10.1 Å². The molecule has 10 heteroatoms. The lowest BCUT2D eigenvalue weighted by Gasteiger charge is -2.26. The second-order valence-corrected chi connectivity index (χ2v) is 8.70. The van der Waals surface area contributed by atoms with Gasteiger partial charge in [0, 0.05) is 11.6 Å². The second-order valence-electron chi connectivity index (χ2n) is 7.17. The minimum absolute atomic E-state index is 0.0465. The van der Waals surface area contributed by atoms with Gasteiger partial charge in [-0.1, -0.05) is 18.2 Å². The Morgan fingerprint density at radius 1 is 1.13 bits per heavy atom. The number of benzene rings is 2. The summed E-state index contributed by atoms with van der Waals surface area (Å²) in [6, 6.07) is 8.44. The first-order valence-electron chi connectivity index (χ1n) is 9.41. The molecule has 164 valence electrons. The number of alkyl halides is 4. The first-order valence-corrected chi connectivity index (χ1v) is 11.0. The Hall–Kier alpha value is -2.17. The standard InChI is InChI=1S/C20H22F4N2O3S/c21-8-1-9-26-16-5-4-13-10-15(3-2-14(13)11-16)18-12-17(29-20(22,23)24)6-7-19(18)30(25,27)28/h2-3,6-7,10,12,16,26H,1,4-5,8-9,11H2,(H2,25,27,28)/t16-/m0/s1. The van der Waals surface area contributed by atoms with Crippen LogP contribution < -0.4 is 15.2 Å². The highest BCUT2D eigenvalue weighted by Crippen LogP contribution is 2.35. The summed E-state index contributed by atoms with van der Waals surface area (Å²) >= 11 is 0. The van der Waals surface area contributed by atoms with E-state index < -0.39 is 22.1 Å². The van der Waals surface area contributed by atoms with Crippen LogP contribution in [0.4, 0.5) is 17.6 Å². The minimum Gasteiger partial charge on any atom is -0.406 e. The zero-order valence-electron chi connectivity index (χ0n) is 16.0. The van der Waals surface area contributed by atoms with Gasteiger partial charge in [-0.2, -0.15) is 0 Å². The fourth-order valence-electron chi connectivity index (χ4n) is 3.65. The van der Waals surface area contributed by atoms with Crippen molar-refractivity contribution in [1.82, 2.24) is 5.32 Å². The van der Waals surface area contributed by atoms with Crippen molar-refractivity contribution in [3.8, 4) is 16.9 Å². The largest absolute Gasteiger partial charge is 0.573 e. The number of halogens is 4. The number of hydrogen-bond donors (Lipinski definition) is 2. The van der Waals surface area contributed by atoms with Crippen LogP contribution in [0.2, 0.25) is 0 Å².